The summed E-state index contributed by atoms with van der Waals surface area (Å²) in [4.78, 5) is 5.14. The summed E-state index contributed by atoms with van der Waals surface area (Å²) >= 11 is 1.59. The molecule has 0 amide bonds. The van der Waals surface area contributed by atoms with Crippen LogP contribution in [-0.4, -0.2) is 55.6 Å². The Labute approximate surface area is 192 Å². The van der Waals surface area contributed by atoms with Gasteiger partial charge in [0.05, 0.1) is 27.7 Å². The van der Waals surface area contributed by atoms with E-state index in [0.29, 0.717) is 29.8 Å². The maximum Gasteiger partial charge on any atom is 0.243 e. The molecule has 2 aliphatic rings. The first-order valence-electron chi connectivity index (χ1n) is 11.5. The highest BCUT2D eigenvalue weighted by molar-refractivity contribution is 7.98. The van der Waals surface area contributed by atoms with Gasteiger partial charge in [0.2, 0.25) is 15.2 Å². The van der Waals surface area contributed by atoms with Gasteiger partial charge in [0.1, 0.15) is 5.82 Å². The second-order valence-electron chi connectivity index (χ2n) is 8.52. The molecule has 3 heterocycles. The summed E-state index contributed by atoms with van der Waals surface area (Å²) in [7, 11) is -3.48. The average molecular weight is 476 g/mol. The highest BCUT2D eigenvalue weighted by Gasteiger charge is 2.27. The number of piperidine rings is 1. The smallest absolute Gasteiger partial charge is 0.243 e. The van der Waals surface area contributed by atoms with E-state index in [4.69, 9.17) is 4.98 Å². The molecule has 1 aliphatic heterocycles. The molecule has 1 aliphatic carbocycles. The molecular formula is C21H29N7O2S2. The molecule has 11 heteroatoms. The zero-order valence-electron chi connectivity index (χ0n) is 18.4. The molecule has 0 atom stereocenters. The number of aromatic nitrogens is 6. The van der Waals surface area contributed by atoms with Crippen molar-refractivity contribution in [3.8, 4) is 0 Å². The third kappa shape index (κ3) is 4.06. The van der Waals surface area contributed by atoms with Gasteiger partial charge in [-0.25, -0.2) is 18.1 Å². The van der Waals surface area contributed by atoms with E-state index in [0.717, 1.165) is 60.7 Å². The Morgan fingerprint density at radius 3 is 2.62 bits per heavy atom. The van der Waals surface area contributed by atoms with E-state index < -0.39 is 10.0 Å². The highest BCUT2D eigenvalue weighted by atomic mass is 32.2. The molecule has 0 spiro atoms. The summed E-state index contributed by atoms with van der Waals surface area (Å²) in [6.45, 7) is 4.04. The third-order valence-corrected chi connectivity index (χ3v) is 9.36. The summed E-state index contributed by atoms with van der Waals surface area (Å²) in [5.74, 6) is 1.53. The molecule has 0 bridgehead atoms. The van der Waals surface area contributed by atoms with E-state index in [1.165, 1.54) is 12.8 Å². The van der Waals surface area contributed by atoms with Crippen molar-refractivity contribution in [2.75, 3.05) is 13.1 Å². The minimum Gasteiger partial charge on any atom is -0.328 e. The second-order valence-corrected chi connectivity index (χ2v) is 11.4. The van der Waals surface area contributed by atoms with Gasteiger partial charge in [-0.15, -0.1) is 5.10 Å². The Balaban J connectivity index is 1.40. The number of thioether (sulfide) groups is 1. The first-order chi connectivity index (χ1) is 15.6. The third-order valence-electron chi connectivity index (χ3n) is 6.53. The number of imidazole rings is 1. The quantitative estimate of drug-likeness (QED) is 0.481. The minimum atomic E-state index is -3.48. The monoisotopic (exact) mass is 475 g/mol. The number of sulfonamides is 1. The molecule has 0 N–H and O–H groups in total. The fraction of sp³-hybridized carbons (Fsp3) is 0.619. The van der Waals surface area contributed by atoms with Crippen LogP contribution < -0.4 is 0 Å². The van der Waals surface area contributed by atoms with Crippen molar-refractivity contribution in [2.45, 2.75) is 80.3 Å². The molecule has 32 heavy (non-hydrogen) atoms. The van der Waals surface area contributed by atoms with Crippen LogP contribution in [0.4, 0.5) is 0 Å². The van der Waals surface area contributed by atoms with Crippen LogP contribution in [0, 0.1) is 0 Å². The lowest BCUT2D eigenvalue weighted by atomic mass is 10.2. The normalized spacial score (nSPS) is 18.7. The van der Waals surface area contributed by atoms with Crippen LogP contribution in [0.3, 0.4) is 0 Å². The van der Waals surface area contributed by atoms with Crippen molar-refractivity contribution in [1.82, 2.24) is 34.1 Å². The first kappa shape index (κ1) is 21.8. The topological polar surface area (TPSA) is 98.8 Å². The molecule has 1 aromatic carbocycles. The summed E-state index contributed by atoms with van der Waals surface area (Å²) in [6, 6.07) is 5.72. The molecule has 2 fully saturated rings. The number of tetrazole rings is 1. The van der Waals surface area contributed by atoms with Crippen molar-refractivity contribution in [2.24, 2.45) is 0 Å². The summed E-state index contributed by atoms with van der Waals surface area (Å²) in [5.41, 5.74) is 1.67. The van der Waals surface area contributed by atoms with Gasteiger partial charge in [0.15, 0.2) is 0 Å². The van der Waals surface area contributed by atoms with Crippen molar-refractivity contribution in [3.05, 3.63) is 24.0 Å². The van der Waals surface area contributed by atoms with Crippen LogP contribution in [0.15, 0.2) is 28.3 Å². The number of benzene rings is 1. The fourth-order valence-electron chi connectivity index (χ4n) is 4.82. The van der Waals surface area contributed by atoms with Gasteiger partial charge < -0.3 is 4.57 Å². The maximum absolute atomic E-state index is 13.1. The van der Waals surface area contributed by atoms with Crippen LogP contribution >= 0.6 is 11.8 Å². The lowest BCUT2D eigenvalue weighted by molar-refractivity contribution is 0.346. The minimum absolute atomic E-state index is 0.331. The predicted octanol–water partition coefficient (Wildman–Crippen LogP) is 3.62. The van der Waals surface area contributed by atoms with E-state index in [1.54, 1.807) is 28.2 Å². The maximum atomic E-state index is 13.1. The van der Waals surface area contributed by atoms with Gasteiger partial charge in [-0.2, -0.15) is 4.31 Å². The SMILES string of the molecule is CCn1c(CSc2nnnn2C2CCCC2)nc2cc(S(=O)(=O)N3CCCCC3)ccc21. The van der Waals surface area contributed by atoms with Crippen molar-refractivity contribution >= 4 is 32.8 Å². The molecule has 1 saturated carbocycles. The Kier molecular flexibility index (Phi) is 6.22. The lowest BCUT2D eigenvalue weighted by Crippen LogP contribution is -2.35. The van der Waals surface area contributed by atoms with Crippen molar-refractivity contribution in [1.29, 1.82) is 0 Å². The zero-order chi connectivity index (χ0) is 22.1. The molecule has 5 rings (SSSR count). The van der Waals surface area contributed by atoms with Crippen LogP contribution in [0.1, 0.15) is 63.7 Å². The van der Waals surface area contributed by atoms with Crippen LogP contribution in [0.25, 0.3) is 11.0 Å². The fourth-order valence-corrected chi connectivity index (χ4v) is 7.25. The van der Waals surface area contributed by atoms with Crippen molar-refractivity contribution in [3.63, 3.8) is 0 Å². The van der Waals surface area contributed by atoms with E-state index >= 15 is 0 Å². The number of rotatable bonds is 7. The van der Waals surface area contributed by atoms with E-state index in [2.05, 4.69) is 27.0 Å². The second kappa shape index (κ2) is 9.11. The van der Waals surface area contributed by atoms with Gasteiger partial charge in [-0.3, -0.25) is 0 Å². The summed E-state index contributed by atoms with van der Waals surface area (Å²) in [6.07, 6.45) is 7.64. The van der Waals surface area contributed by atoms with E-state index in [1.807, 2.05) is 10.7 Å². The van der Waals surface area contributed by atoms with E-state index in [-0.39, 0.29) is 0 Å². The van der Waals surface area contributed by atoms with E-state index in [9.17, 15) is 8.42 Å². The average Bonchev–Trinajstić information content (AvgIpc) is 3.56. The highest BCUT2D eigenvalue weighted by Crippen LogP contribution is 2.33. The molecule has 3 aromatic rings. The van der Waals surface area contributed by atoms with Gasteiger partial charge in [0, 0.05) is 19.6 Å². The molecule has 0 radical (unpaired) electrons. The standard InChI is InChI=1S/C21H29N7O2S2/c1-2-27-19-11-10-17(32(29,30)26-12-6-3-7-13-26)14-18(19)22-20(27)15-31-21-23-24-25-28(21)16-8-4-5-9-16/h10-11,14,16H,2-9,12-13,15H2,1H3. The molecule has 0 unspecified atom stereocenters. The number of hydrogen-bond donors (Lipinski definition) is 0. The molecular weight excluding hydrogens is 446 g/mol. The largest absolute Gasteiger partial charge is 0.328 e. The Morgan fingerprint density at radius 1 is 1.09 bits per heavy atom. The number of nitrogens with zero attached hydrogens (tertiary/aromatic N) is 7. The van der Waals surface area contributed by atoms with Crippen LogP contribution in [0.5, 0.6) is 0 Å². The lowest BCUT2D eigenvalue weighted by Gasteiger charge is -2.25. The Bertz CT molecular complexity index is 1190. The zero-order valence-corrected chi connectivity index (χ0v) is 20.0. The molecule has 2 aromatic heterocycles. The van der Waals surface area contributed by atoms with Gasteiger partial charge in [0.25, 0.3) is 0 Å². The Morgan fingerprint density at radius 2 is 1.88 bits per heavy atom. The molecule has 172 valence electrons. The molecule has 1 saturated heterocycles. The number of fused-ring (bicyclic) bond motifs is 1. The first-order valence-corrected chi connectivity index (χ1v) is 13.9. The van der Waals surface area contributed by atoms with Gasteiger partial charge in [-0.05, 0) is 61.2 Å². The summed E-state index contributed by atoms with van der Waals surface area (Å²) < 4.78 is 31.9. The van der Waals surface area contributed by atoms with Crippen LogP contribution in [0.2, 0.25) is 0 Å². The van der Waals surface area contributed by atoms with Gasteiger partial charge in [-0.1, -0.05) is 31.0 Å². The van der Waals surface area contributed by atoms with Crippen molar-refractivity contribution < 1.29 is 8.42 Å². The van der Waals surface area contributed by atoms with Gasteiger partial charge >= 0.3 is 0 Å². The predicted molar refractivity (Wildman–Crippen MR) is 123 cm³/mol. The molecule has 9 nitrogen and oxygen atoms in total. The number of hydrogen-bond acceptors (Lipinski definition) is 7. The summed E-state index contributed by atoms with van der Waals surface area (Å²) in [5, 5.41) is 13.2. The Hall–Kier alpha value is -1.98. The number of aryl methyl sites for hydroxylation is 1. The van der Waals surface area contributed by atoms with Crippen LogP contribution in [-0.2, 0) is 22.3 Å².